The molecule has 0 radical (unpaired) electrons. The van der Waals surface area contributed by atoms with Gasteiger partial charge in [-0.25, -0.2) is 12.8 Å². The summed E-state index contributed by atoms with van der Waals surface area (Å²) in [7, 11) is -2.49. The average molecular weight is 571 g/mol. The molecule has 39 heavy (non-hydrogen) atoms. The molecule has 0 aliphatic carbocycles. The molecule has 1 N–H and O–H groups in total. The molecule has 0 fully saturated rings. The maximum atomic E-state index is 14.6. The van der Waals surface area contributed by atoms with Crippen LogP contribution in [0.25, 0.3) is 11.6 Å². The summed E-state index contributed by atoms with van der Waals surface area (Å²) in [6.07, 6.45) is 1.32. The van der Waals surface area contributed by atoms with Gasteiger partial charge in [0.15, 0.2) is 0 Å². The largest absolute Gasteiger partial charge is 0.496 e. The Kier molecular flexibility index (Phi) is 8.28. The number of fused-ring (bicyclic) bond motifs is 1. The van der Waals surface area contributed by atoms with Crippen molar-refractivity contribution in [2.24, 2.45) is 0 Å². The van der Waals surface area contributed by atoms with Crippen molar-refractivity contribution in [3.8, 4) is 11.5 Å². The third-order valence-electron chi connectivity index (χ3n) is 6.54. The molecule has 1 aliphatic rings. The Hall–Kier alpha value is -3.49. The van der Waals surface area contributed by atoms with E-state index in [0.29, 0.717) is 45.5 Å². The Labute approximate surface area is 234 Å². The molecule has 1 aliphatic heterocycles. The van der Waals surface area contributed by atoms with E-state index in [1.54, 1.807) is 43.3 Å². The lowest BCUT2D eigenvalue weighted by atomic mass is 10.0. The molecular formula is C30H32ClFN2O4S. The van der Waals surface area contributed by atoms with Crippen LogP contribution in [0.2, 0.25) is 5.02 Å². The molecule has 206 valence electrons. The van der Waals surface area contributed by atoms with E-state index in [2.05, 4.69) is 11.9 Å². The van der Waals surface area contributed by atoms with E-state index in [-0.39, 0.29) is 11.4 Å². The molecule has 1 atom stereocenters. The number of benzene rings is 3. The van der Waals surface area contributed by atoms with Gasteiger partial charge in [-0.3, -0.25) is 4.31 Å². The third kappa shape index (κ3) is 5.92. The monoisotopic (exact) mass is 570 g/mol. The van der Waals surface area contributed by atoms with E-state index < -0.39 is 21.9 Å². The summed E-state index contributed by atoms with van der Waals surface area (Å²) in [5.74, 6) is 0.520. The second-order valence-corrected chi connectivity index (χ2v) is 11.9. The van der Waals surface area contributed by atoms with E-state index in [1.165, 1.54) is 23.5 Å². The van der Waals surface area contributed by atoms with Crippen LogP contribution < -0.4 is 19.1 Å². The van der Waals surface area contributed by atoms with Crippen LogP contribution in [0, 0.1) is 19.7 Å². The fourth-order valence-corrected chi connectivity index (χ4v) is 6.42. The second kappa shape index (κ2) is 11.3. The highest BCUT2D eigenvalue weighted by Gasteiger charge is 2.36. The number of hydrogen-bond acceptors (Lipinski definition) is 5. The van der Waals surface area contributed by atoms with Crippen molar-refractivity contribution >= 4 is 39.0 Å². The van der Waals surface area contributed by atoms with Crippen molar-refractivity contribution in [3.63, 3.8) is 0 Å². The molecule has 0 unspecified atom stereocenters. The summed E-state index contributed by atoms with van der Waals surface area (Å²) in [5, 5.41) is 3.45. The van der Waals surface area contributed by atoms with Crippen LogP contribution in [0.5, 0.6) is 11.5 Å². The van der Waals surface area contributed by atoms with Crippen molar-refractivity contribution in [1.29, 1.82) is 0 Å². The van der Waals surface area contributed by atoms with E-state index >= 15 is 0 Å². The first-order valence-electron chi connectivity index (χ1n) is 12.4. The Bertz CT molecular complexity index is 1550. The molecule has 0 amide bonds. The van der Waals surface area contributed by atoms with Gasteiger partial charge in [-0.05, 0) is 80.3 Å². The summed E-state index contributed by atoms with van der Waals surface area (Å²) in [6, 6.07) is 13.0. The molecule has 1 heterocycles. The lowest BCUT2D eigenvalue weighted by molar-refractivity contribution is 0.198. The van der Waals surface area contributed by atoms with Crippen molar-refractivity contribution in [2.45, 2.75) is 38.7 Å². The van der Waals surface area contributed by atoms with E-state index in [1.807, 2.05) is 26.8 Å². The number of ether oxygens (including phenoxy) is 2. The number of allylic oxidation sites excluding steroid dienone is 2. The Balaban J connectivity index is 1.85. The first kappa shape index (κ1) is 28.5. The number of halogens is 2. The normalized spacial score (nSPS) is 15.4. The van der Waals surface area contributed by atoms with Gasteiger partial charge in [0.1, 0.15) is 23.4 Å². The average Bonchev–Trinajstić information content (AvgIpc) is 2.87. The first-order chi connectivity index (χ1) is 18.4. The van der Waals surface area contributed by atoms with Gasteiger partial charge in [0.05, 0.1) is 35.8 Å². The van der Waals surface area contributed by atoms with Gasteiger partial charge in [-0.2, -0.15) is 0 Å². The number of aryl methyl sites for hydroxylation is 2. The number of hydrogen-bond donors (Lipinski definition) is 1. The van der Waals surface area contributed by atoms with Crippen molar-refractivity contribution < 1.29 is 22.3 Å². The number of sulfonamides is 1. The maximum Gasteiger partial charge on any atom is 0.264 e. The molecule has 0 saturated carbocycles. The predicted octanol–water partition coefficient (Wildman–Crippen LogP) is 6.74. The molecule has 6 nitrogen and oxygen atoms in total. The predicted molar refractivity (Wildman–Crippen MR) is 156 cm³/mol. The topological polar surface area (TPSA) is 67.9 Å². The molecule has 3 aromatic carbocycles. The van der Waals surface area contributed by atoms with E-state index in [4.69, 9.17) is 21.1 Å². The van der Waals surface area contributed by atoms with Gasteiger partial charge in [0.2, 0.25) is 0 Å². The van der Waals surface area contributed by atoms with Crippen molar-refractivity contribution in [1.82, 2.24) is 5.32 Å². The highest BCUT2D eigenvalue weighted by atomic mass is 35.5. The van der Waals surface area contributed by atoms with Gasteiger partial charge in [-0.1, -0.05) is 36.4 Å². The molecule has 0 spiro atoms. The Morgan fingerprint density at radius 1 is 1.21 bits per heavy atom. The van der Waals surface area contributed by atoms with Crippen molar-refractivity contribution in [2.75, 3.05) is 24.5 Å². The van der Waals surface area contributed by atoms with Gasteiger partial charge in [0, 0.05) is 17.3 Å². The highest BCUT2D eigenvalue weighted by Crippen LogP contribution is 2.42. The summed E-state index contributed by atoms with van der Waals surface area (Å²) >= 11 is 6.28. The number of anilines is 1. The number of rotatable bonds is 8. The summed E-state index contributed by atoms with van der Waals surface area (Å²) in [6.45, 7) is 11.6. The second-order valence-electron chi connectivity index (χ2n) is 9.68. The van der Waals surface area contributed by atoms with Crippen molar-refractivity contribution in [3.05, 3.63) is 93.9 Å². The lowest BCUT2D eigenvalue weighted by Crippen LogP contribution is -2.47. The summed E-state index contributed by atoms with van der Waals surface area (Å²) < 4.78 is 55.7. The zero-order chi connectivity index (χ0) is 28.5. The van der Waals surface area contributed by atoms with E-state index in [0.717, 1.165) is 16.8 Å². The minimum atomic E-state index is -4.00. The van der Waals surface area contributed by atoms with Gasteiger partial charge in [0.25, 0.3) is 10.0 Å². The SMILES string of the molecule is C=C(C)NC[C@H]1CN(S(=O)(=O)c2ccc(C)c(OC)c2)c2cc(/C=C(\C)c3c(F)cccc3Cl)cc(C)c2O1. The smallest absolute Gasteiger partial charge is 0.264 e. The summed E-state index contributed by atoms with van der Waals surface area (Å²) in [4.78, 5) is 0.109. The van der Waals surface area contributed by atoms with E-state index in [9.17, 15) is 12.8 Å². The first-order valence-corrected chi connectivity index (χ1v) is 14.2. The highest BCUT2D eigenvalue weighted by molar-refractivity contribution is 7.92. The minimum absolute atomic E-state index is 0.0799. The third-order valence-corrected chi connectivity index (χ3v) is 8.63. The summed E-state index contributed by atoms with van der Waals surface area (Å²) in [5.41, 5.74) is 4.32. The van der Waals surface area contributed by atoms with Crippen LogP contribution >= 0.6 is 11.6 Å². The van der Waals surface area contributed by atoms with Gasteiger partial charge < -0.3 is 14.8 Å². The van der Waals surface area contributed by atoms with Crippen LogP contribution in [0.1, 0.15) is 36.1 Å². The molecule has 9 heteroatoms. The molecule has 0 saturated heterocycles. The Morgan fingerprint density at radius 2 is 1.95 bits per heavy atom. The molecule has 3 aromatic rings. The van der Waals surface area contributed by atoms with Crippen LogP contribution in [-0.2, 0) is 10.0 Å². The zero-order valence-corrected chi connectivity index (χ0v) is 24.2. The van der Waals surface area contributed by atoms with Crippen LogP contribution in [0.15, 0.2) is 65.7 Å². The molecule has 0 aromatic heterocycles. The van der Waals surface area contributed by atoms with Gasteiger partial charge in [-0.15, -0.1) is 0 Å². The fraction of sp³-hybridized carbons (Fsp3) is 0.267. The zero-order valence-electron chi connectivity index (χ0n) is 22.6. The van der Waals surface area contributed by atoms with Crippen LogP contribution in [-0.4, -0.2) is 34.7 Å². The Morgan fingerprint density at radius 3 is 2.62 bits per heavy atom. The fourth-order valence-electron chi connectivity index (χ4n) is 4.60. The molecule has 4 rings (SSSR count). The quantitative estimate of drug-likeness (QED) is 0.304. The van der Waals surface area contributed by atoms with Crippen LogP contribution in [0.4, 0.5) is 10.1 Å². The van der Waals surface area contributed by atoms with Gasteiger partial charge >= 0.3 is 0 Å². The molecule has 0 bridgehead atoms. The number of nitrogens with zero attached hydrogens (tertiary/aromatic N) is 1. The minimum Gasteiger partial charge on any atom is -0.496 e. The number of methoxy groups -OCH3 is 1. The maximum absolute atomic E-state index is 14.6. The van der Waals surface area contributed by atoms with Crippen LogP contribution in [0.3, 0.4) is 0 Å². The lowest BCUT2D eigenvalue weighted by Gasteiger charge is -2.37. The molecular weight excluding hydrogens is 539 g/mol. The standard InChI is InChI=1S/C30H32ClFN2O4S/c1-18(2)33-16-23-17-34(39(35,36)24-11-10-19(3)28(15-24)37-6)27-14-22(13-21(5)30(27)38-23)12-20(4)29-25(31)8-7-9-26(29)32/h7-15,23,33H,1,16-17H2,2-6H3/b20-12+/t23-/m0/s1. The number of nitrogens with one attached hydrogen (secondary N) is 1.